The Morgan fingerprint density at radius 1 is 1.22 bits per heavy atom. The minimum absolute atomic E-state index is 0.111. The largest absolute Gasteiger partial charge is 0.496 e. The Kier molecular flexibility index (Phi) is 4.57. The normalized spacial score (nSPS) is 17.8. The van der Waals surface area contributed by atoms with Gasteiger partial charge >= 0.3 is 0 Å². The summed E-state index contributed by atoms with van der Waals surface area (Å²) in [5.41, 5.74) is 1.37. The molecule has 1 unspecified atom stereocenters. The molecule has 2 aromatic carbocycles. The molecule has 120 valence electrons. The molecule has 4 nitrogen and oxygen atoms in total. The number of hydrogen-bond acceptors (Lipinski definition) is 3. The average molecular weight is 315 g/mol. The van der Waals surface area contributed by atoms with Crippen LogP contribution in [0, 0.1) is 5.82 Å². The highest BCUT2D eigenvalue weighted by Crippen LogP contribution is 2.28. The molecule has 0 N–H and O–H groups in total. The summed E-state index contributed by atoms with van der Waals surface area (Å²) in [4.78, 5) is 14.7. The van der Waals surface area contributed by atoms with Gasteiger partial charge in [0.25, 0.3) is 5.91 Å². The zero-order valence-corrected chi connectivity index (χ0v) is 12.9. The minimum atomic E-state index is -0.298. The molecule has 0 aromatic heterocycles. The van der Waals surface area contributed by atoms with Crippen molar-refractivity contribution in [1.82, 2.24) is 4.90 Å². The summed E-state index contributed by atoms with van der Waals surface area (Å²) >= 11 is 0. The molecule has 3 rings (SSSR count). The number of carbonyl (C=O) groups is 1. The molecule has 1 atom stereocenters. The van der Waals surface area contributed by atoms with E-state index in [0.717, 1.165) is 5.56 Å². The summed E-state index contributed by atoms with van der Waals surface area (Å²) < 4.78 is 24.0. The van der Waals surface area contributed by atoms with Gasteiger partial charge in [0.15, 0.2) is 0 Å². The molecular weight excluding hydrogens is 297 g/mol. The zero-order chi connectivity index (χ0) is 16.2. The van der Waals surface area contributed by atoms with Gasteiger partial charge in [0.1, 0.15) is 11.6 Å². The number of rotatable bonds is 3. The lowest BCUT2D eigenvalue weighted by atomic mass is 10.0. The van der Waals surface area contributed by atoms with E-state index < -0.39 is 0 Å². The molecule has 0 spiro atoms. The SMILES string of the molecule is COc1ccccc1C(=O)N1CCOCC1c1ccc(F)cc1. The maximum atomic E-state index is 13.1. The number of amides is 1. The van der Waals surface area contributed by atoms with Gasteiger partial charge in [-0.3, -0.25) is 4.79 Å². The van der Waals surface area contributed by atoms with Crippen LogP contribution < -0.4 is 4.74 Å². The fraction of sp³-hybridized carbons (Fsp3) is 0.278. The van der Waals surface area contributed by atoms with Crippen molar-refractivity contribution in [2.45, 2.75) is 6.04 Å². The summed E-state index contributed by atoms with van der Waals surface area (Å²) in [6, 6.07) is 13.1. The summed E-state index contributed by atoms with van der Waals surface area (Å²) in [6.07, 6.45) is 0. The predicted molar refractivity (Wildman–Crippen MR) is 84.0 cm³/mol. The Hall–Kier alpha value is -2.40. The minimum Gasteiger partial charge on any atom is -0.496 e. The fourth-order valence-electron chi connectivity index (χ4n) is 2.78. The summed E-state index contributed by atoms with van der Waals surface area (Å²) in [5, 5.41) is 0. The number of benzene rings is 2. The average Bonchev–Trinajstić information content (AvgIpc) is 2.62. The molecule has 23 heavy (non-hydrogen) atoms. The van der Waals surface area contributed by atoms with Gasteiger partial charge in [0.05, 0.1) is 31.9 Å². The predicted octanol–water partition coefficient (Wildman–Crippen LogP) is 3.05. The van der Waals surface area contributed by atoms with Gasteiger partial charge in [0, 0.05) is 6.54 Å². The second-order valence-corrected chi connectivity index (χ2v) is 5.34. The second kappa shape index (κ2) is 6.79. The molecule has 0 radical (unpaired) electrons. The first-order valence-corrected chi connectivity index (χ1v) is 7.48. The zero-order valence-electron chi connectivity index (χ0n) is 12.9. The van der Waals surface area contributed by atoms with Crippen LogP contribution in [0.2, 0.25) is 0 Å². The summed E-state index contributed by atoms with van der Waals surface area (Å²) in [5.74, 6) is 0.134. The van der Waals surface area contributed by atoms with Crippen molar-refractivity contribution in [3.8, 4) is 5.75 Å². The lowest BCUT2D eigenvalue weighted by Crippen LogP contribution is -2.43. The number of nitrogens with zero attached hydrogens (tertiary/aromatic N) is 1. The number of para-hydroxylation sites is 1. The number of hydrogen-bond donors (Lipinski definition) is 0. The first kappa shape index (κ1) is 15.5. The van der Waals surface area contributed by atoms with Gasteiger partial charge in [-0.15, -0.1) is 0 Å². The highest BCUT2D eigenvalue weighted by Gasteiger charge is 2.30. The van der Waals surface area contributed by atoms with Crippen molar-refractivity contribution in [1.29, 1.82) is 0 Å². The number of halogens is 1. The highest BCUT2D eigenvalue weighted by molar-refractivity contribution is 5.97. The smallest absolute Gasteiger partial charge is 0.258 e. The van der Waals surface area contributed by atoms with Crippen molar-refractivity contribution in [3.05, 3.63) is 65.5 Å². The first-order chi connectivity index (χ1) is 11.2. The van der Waals surface area contributed by atoms with Crippen LogP contribution in [0.1, 0.15) is 22.0 Å². The van der Waals surface area contributed by atoms with Gasteiger partial charge in [-0.1, -0.05) is 24.3 Å². The van der Waals surface area contributed by atoms with E-state index in [1.54, 1.807) is 36.3 Å². The topological polar surface area (TPSA) is 38.8 Å². The standard InChI is InChI=1S/C18H18FNO3/c1-22-17-5-3-2-4-15(17)18(21)20-10-11-23-12-16(20)13-6-8-14(19)9-7-13/h2-9,16H,10-12H2,1H3. The summed E-state index contributed by atoms with van der Waals surface area (Å²) in [6.45, 7) is 1.37. The van der Waals surface area contributed by atoms with Crippen LogP contribution in [0.3, 0.4) is 0 Å². The van der Waals surface area contributed by atoms with E-state index in [2.05, 4.69) is 0 Å². The maximum Gasteiger partial charge on any atom is 0.258 e. The van der Waals surface area contributed by atoms with Crippen LogP contribution in [0.4, 0.5) is 4.39 Å². The quantitative estimate of drug-likeness (QED) is 0.874. The monoisotopic (exact) mass is 315 g/mol. The molecule has 1 saturated heterocycles. The van der Waals surface area contributed by atoms with Crippen LogP contribution in [-0.2, 0) is 4.74 Å². The lowest BCUT2D eigenvalue weighted by molar-refractivity contribution is -0.00285. The Bertz CT molecular complexity index is 687. The molecule has 0 bridgehead atoms. The molecule has 1 aliphatic heterocycles. The molecule has 0 saturated carbocycles. The molecule has 5 heteroatoms. The van der Waals surface area contributed by atoms with Crippen LogP contribution in [0.5, 0.6) is 5.75 Å². The van der Waals surface area contributed by atoms with E-state index >= 15 is 0 Å². The van der Waals surface area contributed by atoms with E-state index in [9.17, 15) is 9.18 Å². The molecule has 1 fully saturated rings. The van der Waals surface area contributed by atoms with Crippen molar-refractivity contribution in [2.75, 3.05) is 26.9 Å². The third-order valence-electron chi connectivity index (χ3n) is 3.98. The molecule has 1 amide bonds. The third-order valence-corrected chi connectivity index (χ3v) is 3.98. The van der Waals surface area contributed by atoms with Crippen LogP contribution in [-0.4, -0.2) is 37.7 Å². The molecule has 1 aliphatic rings. The fourth-order valence-corrected chi connectivity index (χ4v) is 2.78. The first-order valence-electron chi connectivity index (χ1n) is 7.48. The van der Waals surface area contributed by atoms with Gasteiger partial charge in [-0.2, -0.15) is 0 Å². The van der Waals surface area contributed by atoms with Crippen LogP contribution in [0.25, 0.3) is 0 Å². The Labute approximate surface area is 134 Å². The molecule has 1 heterocycles. The second-order valence-electron chi connectivity index (χ2n) is 5.34. The Morgan fingerprint density at radius 2 is 1.96 bits per heavy atom. The number of morpholine rings is 1. The van der Waals surface area contributed by atoms with Crippen molar-refractivity contribution < 1.29 is 18.7 Å². The van der Waals surface area contributed by atoms with E-state index in [0.29, 0.717) is 31.1 Å². The third kappa shape index (κ3) is 3.19. The van der Waals surface area contributed by atoms with Gasteiger partial charge in [0.2, 0.25) is 0 Å². The molecular formula is C18H18FNO3. The Balaban J connectivity index is 1.92. The van der Waals surface area contributed by atoms with Crippen LogP contribution >= 0.6 is 0 Å². The van der Waals surface area contributed by atoms with Crippen molar-refractivity contribution in [2.24, 2.45) is 0 Å². The van der Waals surface area contributed by atoms with Crippen LogP contribution in [0.15, 0.2) is 48.5 Å². The van der Waals surface area contributed by atoms with Crippen molar-refractivity contribution in [3.63, 3.8) is 0 Å². The number of carbonyl (C=O) groups excluding carboxylic acids is 1. The van der Waals surface area contributed by atoms with E-state index in [1.165, 1.54) is 12.1 Å². The maximum absolute atomic E-state index is 13.1. The lowest BCUT2D eigenvalue weighted by Gasteiger charge is -2.36. The van der Waals surface area contributed by atoms with Gasteiger partial charge in [-0.05, 0) is 29.8 Å². The van der Waals surface area contributed by atoms with E-state index in [1.807, 2.05) is 12.1 Å². The van der Waals surface area contributed by atoms with E-state index in [-0.39, 0.29) is 17.8 Å². The Morgan fingerprint density at radius 3 is 2.70 bits per heavy atom. The highest BCUT2D eigenvalue weighted by atomic mass is 19.1. The van der Waals surface area contributed by atoms with E-state index in [4.69, 9.17) is 9.47 Å². The molecule has 0 aliphatic carbocycles. The molecule has 2 aromatic rings. The van der Waals surface area contributed by atoms with Crippen molar-refractivity contribution >= 4 is 5.91 Å². The number of ether oxygens (including phenoxy) is 2. The van der Waals surface area contributed by atoms with Gasteiger partial charge < -0.3 is 14.4 Å². The van der Waals surface area contributed by atoms with Gasteiger partial charge in [-0.25, -0.2) is 4.39 Å². The summed E-state index contributed by atoms with van der Waals surface area (Å²) in [7, 11) is 1.54. The number of methoxy groups -OCH3 is 1.